The molecule has 1 amide bonds. The number of rotatable bonds is 2. The van der Waals surface area contributed by atoms with Gasteiger partial charge in [-0.1, -0.05) is 12.1 Å². The van der Waals surface area contributed by atoms with E-state index in [1.165, 1.54) is 4.90 Å². The smallest absolute Gasteiger partial charge is 0.395 e. The van der Waals surface area contributed by atoms with Crippen LogP contribution in [0.3, 0.4) is 0 Å². The monoisotopic (exact) mass is 364 g/mol. The van der Waals surface area contributed by atoms with Gasteiger partial charge in [0.1, 0.15) is 5.75 Å². The molecule has 1 fully saturated rings. The molecule has 24 heavy (non-hydrogen) atoms. The Morgan fingerprint density at radius 1 is 1.33 bits per heavy atom. The van der Waals surface area contributed by atoms with Crippen molar-refractivity contribution in [2.24, 2.45) is 11.7 Å². The number of fused-ring (bicyclic) bond motifs is 1. The number of carbonyl (C=O) groups is 1. The van der Waals surface area contributed by atoms with Gasteiger partial charge >= 0.3 is 6.18 Å². The number of likely N-dealkylation sites (tertiary alicyclic amines) is 1. The summed E-state index contributed by atoms with van der Waals surface area (Å²) >= 11 is 0. The Morgan fingerprint density at radius 3 is 2.75 bits per heavy atom. The van der Waals surface area contributed by atoms with E-state index in [-0.39, 0.29) is 37.8 Å². The number of amides is 1. The lowest BCUT2D eigenvalue weighted by Crippen LogP contribution is -2.38. The van der Waals surface area contributed by atoms with E-state index in [0.29, 0.717) is 6.61 Å². The van der Waals surface area contributed by atoms with Crippen LogP contribution in [0.2, 0.25) is 0 Å². The van der Waals surface area contributed by atoms with Crippen molar-refractivity contribution in [1.82, 2.24) is 4.90 Å². The van der Waals surface area contributed by atoms with E-state index < -0.39 is 18.1 Å². The van der Waals surface area contributed by atoms with Crippen LogP contribution in [0.5, 0.6) is 5.75 Å². The molecule has 8 heteroatoms. The molecule has 0 aliphatic carbocycles. The first-order valence-corrected chi connectivity index (χ1v) is 7.69. The van der Waals surface area contributed by atoms with Gasteiger partial charge in [0.15, 0.2) is 0 Å². The number of hydrogen-bond donors (Lipinski definition) is 1. The fraction of sp³-hybridized carbons (Fsp3) is 0.562. The van der Waals surface area contributed by atoms with E-state index in [9.17, 15) is 18.0 Å². The molecule has 1 saturated heterocycles. The van der Waals surface area contributed by atoms with Crippen LogP contribution in [0.1, 0.15) is 17.5 Å². The summed E-state index contributed by atoms with van der Waals surface area (Å²) in [5, 5.41) is 0. The standard InChI is InChI=1S/C16H19F3N2O2.ClH/c17-16(18,19)12-8-21(9-13(12)20)15(22)7-10-3-4-14-11(6-10)2-1-5-23-14;/h3-4,6,12-13H,1-2,5,7-9,20H2;1H/t12-,13-;/m1./s1. The first-order valence-electron chi connectivity index (χ1n) is 7.69. The third-order valence-corrected chi connectivity index (χ3v) is 4.47. The van der Waals surface area contributed by atoms with Crippen molar-refractivity contribution in [1.29, 1.82) is 0 Å². The lowest BCUT2D eigenvalue weighted by molar-refractivity contribution is -0.173. The number of aryl methyl sites for hydroxylation is 1. The minimum absolute atomic E-state index is 0. The highest BCUT2D eigenvalue weighted by Crippen LogP contribution is 2.33. The van der Waals surface area contributed by atoms with Crippen LogP contribution in [-0.2, 0) is 17.6 Å². The van der Waals surface area contributed by atoms with Crippen molar-refractivity contribution in [3.05, 3.63) is 29.3 Å². The molecule has 0 saturated carbocycles. The number of nitrogens with two attached hydrogens (primary N) is 1. The predicted octanol–water partition coefficient (Wildman–Crippen LogP) is 2.32. The van der Waals surface area contributed by atoms with Gasteiger partial charge in [0, 0.05) is 19.1 Å². The van der Waals surface area contributed by atoms with Gasteiger partial charge in [0.25, 0.3) is 0 Å². The molecule has 1 aromatic rings. The highest BCUT2D eigenvalue weighted by atomic mass is 35.5. The van der Waals surface area contributed by atoms with E-state index in [0.717, 1.165) is 29.7 Å². The van der Waals surface area contributed by atoms with Crippen LogP contribution in [0.25, 0.3) is 0 Å². The van der Waals surface area contributed by atoms with Crippen LogP contribution in [0, 0.1) is 5.92 Å². The Kier molecular flexibility index (Phi) is 5.65. The summed E-state index contributed by atoms with van der Waals surface area (Å²) in [6.07, 6.45) is -2.46. The summed E-state index contributed by atoms with van der Waals surface area (Å²) in [6, 6.07) is 4.48. The molecule has 2 N–H and O–H groups in total. The molecule has 134 valence electrons. The molecule has 4 nitrogen and oxygen atoms in total. The summed E-state index contributed by atoms with van der Waals surface area (Å²) in [6.45, 7) is 0.296. The van der Waals surface area contributed by atoms with Crippen molar-refractivity contribution >= 4 is 18.3 Å². The minimum Gasteiger partial charge on any atom is -0.493 e. The lowest BCUT2D eigenvalue weighted by atomic mass is 10.0. The second-order valence-corrected chi connectivity index (χ2v) is 6.18. The highest BCUT2D eigenvalue weighted by molar-refractivity contribution is 5.85. The van der Waals surface area contributed by atoms with Crippen molar-refractivity contribution < 1.29 is 22.7 Å². The van der Waals surface area contributed by atoms with Crippen molar-refractivity contribution in [2.75, 3.05) is 19.7 Å². The average molecular weight is 365 g/mol. The van der Waals surface area contributed by atoms with Crippen LogP contribution < -0.4 is 10.5 Å². The molecule has 0 radical (unpaired) electrons. The van der Waals surface area contributed by atoms with Crippen molar-refractivity contribution in [3.8, 4) is 5.75 Å². The van der Waals surface area contributed by atoms with Crippen LogP contribution in [0.4, 0.5) is 13.2 Å². The minimum atomic E-state index is -4.36. The van der Waals surface area contributed by atoms with Gasteiger partial charge in [-0.25, -0.2) is 0 Å². The third-order valence-electron chi connectivity index (χ3n) is 4.47. The predicted molar refractivity (Wildman–Crippen MR) is 85.3 cm³/mol. The van der Waals surface area contributed by atoms with E-state index >= 15 is 0 Å². The van der Waals surface area contributed by atoms with Crippen LogP contribution in [0.15, 0.2) is 18.2 Å². The van der Waals surface area contributed by atoms with Crippen LogP contribution in [-0.4, -0.2) is 42.7 Å². The molecule has 0 spiro atoms. The van der Waals surface area contributed by atoms with Crippen molar-refractivity contribution in [3.63, 3.8) is 0 Å². The van der Waals surface area contributed by atoms with Gasteiger partial charge < -0.3 is 15.4 Å². The van der Waals surface area contributed by atoms with Gasteiger partial charge in [-0.2, -0.15) is 13.2 Å². The fourth-order valence-electron chi connectivity index (χ4n) is 3.19. The topological polar surface area (TPSA) is 55.6 Å². The first-order chi connectivity index (χ1) is 10.8. The summed E-state index contributed by atoms with van der Waals surface area (Å²) in [4.78, 5) is 13.5. The number of nitrogens with zero attached hydrogens (tertiary/aromatic N) is 1. The van der Waals surface area contributed by atoms with Gasteiger partial charge in [-0.3, -0.25) is 4.79 Å². The Labute approximate surface area is 144 Å². The second kappa shape index (κ2) is 7.19. The summed E-state index contributed by atoms with van der Waals surface area (Å²) in [7, 11) is 0. The molecular formula is C16H20ClF3N2O2. The Hall–Kier alpha value is -1.47. The zero-order valence-corrected chi connectivity index (χ0v) is 13.8. The number of ether oxygens (including phenoxy) is 1. The van der Waals surface area contributed by atoms with Gasteiger partial charge in [-0.05, 0) is 30.0 Å². The maximum atomic E-state index is 12.8. The first kappa shape index (κ1) is 18.9. The maximum absolute atomic E-state index is 12.8. The van der Waals surface area contributed by atoms with Gasteiger partial charge in [-0.15, -0.1) is 12.4 Å². The number of alkyl halides is 3. The molecule has 0 aromatic heterocycles. The number of hydrogen-bond acceptors (Lipinski definition) is 3. The molecule has 1 aromatic carbocycles. The number of benzene rings is 1. The number of carbonyl (C=O) groups excluding carboxylic acids is 1. The van der Waals surface area contributed by atoms with Gasteiger partial charge in [0.2, 0.25) is 5.91 Å². The SMILES string of the molecule is Cl.N[C@@H]1CN(C(=O)Cc2ccc3c(c2)CCCO3)C[C@H]1C(F)(F)F. The molecule has 2 aliphatic rings. The summed E-state index contributed by atoms with van der Waals surface area (Å²) < 4.78 is 44.0. The van der Waals surface area contributed by atoms with E-state index in [1.54, 1.807) is 6.07 Å². The van der Waals surface area contributed by atoms with E-state index in [2.05, 4.69) is 0 Å². The van der Waals surface area contributed by atoms with E-state index in [4.69, 9.17) is 10.5 Å². The molecular weight excluding hydrogens is 345 g/mol. The van der Waals surface area contributed by atoms with Crippen molar-refractivity contribution in [2.45, 2.75) is 31.5 Å². The normalized spacial score (nSPS) is 23.2. The zero-order valence-electron chi connectivity index (χ0n) is 13.0. The average Bonchev–Trinajstić information content (AvgIpc) is 2.89. The molecule has 2 heterocycles. The Balaban J connectivity index is 0.00000208. The second-order valence-electron chi connectivity index (χ2n) is 6.18. The number of halogens is 4. The summed E-state index contributed by atoms with van der Waals surface area (Å²) in [5.41, 5.74) is 7.39. The maximum Gasteiger partial charge on any atom is 0.395 e. The zero-order chi connectivity index (χ0) is 16.6. The molecule has 0 unspecified atom stereocenters. The molecule has 3 rings (SSSR count). The quantitative estimate of drug-likeness (QED) is 0.876. The lowest BCUT2D eigenvalue weighted by Gasteiger charge is -2.20. The highest BCUT2D eigenvalue weighted by Gasteiger charge is 2.49. The van der Waals surface area contributed by atoms with Gasteiger partial charge in [0.05, 0.1) is 18.9 Å². The molecule has 0 bridgehead atoms. The Morgan fingerprint density at radius 2 is 2.08 bits per heavy atom. The molecule has 2 atom stereocenters. The molecule has 2 aliphatic heterocycles. The van der Waals surface area contributed by atoms with Crippen LogP contribution >= 0.6 is 12.4 Å². The Bertz CT molecular complexity index is 609. The van der Waals surface area contributed by atoms with E-state index in [1.807, 2.05) is 12.1 Å². The fourth-order valence-corrected chi connectivity index (χ4v) is 3.19. The third kappa shape index (κ3) is 3.95. The summed E-state index contributed by atoms with van der Waals surface area (Å²) in [5.74, 6) is -1.12. The largest absolute Gasteiger partial charge is 0.493 e.